The summed E-state index contributed by atoms with van der Waals surface area (Å²) in [5.41, 5.74) is 10.6. The average molecular weight is 429 g/mol. The summed E-state index contributed by atoms with van der Waals surface area (Å²) in [5, 5.41) is 3.74. The Bertz CT molecular complexity index is 670. The number of pyridine rings is 1. The molecule has 1 aromatic heterocycles. The van der Waals surface area contributed by atoms with Gasteiger partial charge in [0.2, 0.25) is 0 Å². The largest absolute Gasteiger partial charge is 0.370 e. The molecule has 0 atom stereocenters. The van der Waals surface area contributed by atoms with Crippen LogP contribution in [0.3, 0.4) is 0 Å². The van der Waals surface area contributed by atoms with Crippen molar-refractivity contribution in [1.29, 1.82) is 0 Å². The Morgan fingerprint density at radius 1 is 1.23 bits per heavy atom. The van der Waals surface area contributed by atoms with Crippen molar-refractivity contribution in [2.75, 3.05) is 5.32 Å². The molecule has 0 bridgehead atoms. The number of halogens is 2. The van der Waals surface area contributed by atoms with E-state index in [1.165, 1.54) is 24.0 Å². The third-order valence-electron chi connectivity index (χ3n) is 3.57. The van der Waals surface area contributed by atoms with Crippen LogP contribution in [0.4, 0.5) is 5.69 Å². The van der Waals surface area contributed by atoms with Crippen molar-refractivity contribution >= 4 is 47.2 Å². The Morgan fingerprint density at radius 3 is 2.82 bits per heavy atom. The monoisotopic (exact) mass is 428 g/mol. The van der Waals surface area contributed by atoms with Gasteiger partial charge in [-0.2, -0.15) is 0 Å². The summed E-state index contributed by atoms with van der Waals surface area (Å²) in [5.74, 6) is 0.393. The number of benzene rings is 1. The molecule has 116 valence electrons. The number of rotatable bonds is 3. The van der Waals surface area contributed by atoms with E-state index in [1.54, 1.807) is 12.3 Å². The van der Waals surface area contributed by atoms with Gasteiger partial charge in [0.25, 0.3) is 0 Å². The molecule has 1 aliphatic carbocycles. The molecule has 22 heavy (non-hydrogen) atoms. The van der Waals surface area contributed by atoms with Gasteiger partial charge < -0.3 is 11.1 Å². The first-order valence-electron chi connectivity index (χ1n) is 7.00. The molecule has 0 spiro atoms. The van der Waals surface area contributed by atoms with Gasteiger partial charge in [0.05, 0.1) is 17.3 Å². The quantitative estimate of drug-likeness (QED) is 0.444. The second-order valence-electron chi connectivity index (χ2n) is 5.13. The summed E-state index contributed by atoms with van der Waals surface area (Å²) in [6, 6.07) is 10.0. The minimum Gasteiger partial charge on any atom is -0.370 e. The van der Waals surface area contributed by atoms with Gasteiger partial charge in [-0.3, -0.25) is 4.98 Å². The van der Waals surface area contributed by atoms with E-state index >= 15 is 0 Å². The third-order valence-corrected chi connectivity index (χ3v) is 3.79. The van der Waals surface area contributed by atoms with Crippen molar-refractivity contribution in [3.63, 3.8) is 0 Å². The Balaban J connectivity index is 0.00000176. The molecular formula is C16H18ClIN4. The zero-order valence-corrected chi connectivity index (χ0v) is 15.1. The topological polar surface area (TPSA) is 63.3 Å². The lowest BCUT2D eigenvalue weighted by molar-refractivity contribution is 0.912. The van der Waals surface area contributed by atoms with Crippen LogP contribution in [0.5, 0.6) is 0 Å². The molecule has 0 aliphatic heterocycles. The molecule has 1 aliphatic rings. The molecule has 0 amide bonds. The van der Waals surface area contributed by atoms with E-state index in [1.807, 2.05) is 12.1 Å². The summed E-state index contributed by atoms with van der Waals surface area (Å²) >= 11 is 5.79. The van der Waals surface area contributed by atoms with Crippen molar-refractivity contribution in [2.45, 2.75) is 25.8 Å². The van der Waals surface area contributed by atoms with Crippen LogP contribution in [0.2, 0.25) is 5.02 Å². The summed E-state index contributed by atoms with van der Waals surface area (Å²) < 4.78 is 0. The standard InChI is InChI=1S/C16H17ClN4.HI/c17-13-5-7-15(19-9-13)10-20-16(18)21-14-6-4-11-2-1-3-12(11)8-14;/h4-9H,1-3,10H2,(H3,18,20,21);1H. The molecular weight excluding hydrogens is 411 g/mol. The number of hydrogen-bond acceptors (Lipinski definition) is 2. The summed E-state index contributed by atoms with van der Waals surface area (Å²) in [7, 11) is 0. The number of hydrogen-bond donors (Lipinski definition) is 2. The second-order valence-corrected chi connectivity index (χ2v) is 5.57. The Hall–Kier alpha value is -1.34. The van der Waals surface area contributed by atoms with Crippen LogP contribution in [0.1, 0.15) is 23.2 Å². The predicted octanol–water partition coefficient (Wildman–Crippen LogP) is 3.77. The van der Waals surface area contributed by atoms with Crippen molar-refractivity contribution in [2.24, 2.45) is 10.7 Å². The highest BCUT2D eigenvalue weighted by Crippen LogP contribution is 2.24. The van der Waals surface area contributed by atoms with Crippen LogP contribution in [0.15, 0.2) is 41.5 Å². The van der Waals surface area contributed by atoms with E-state index in [-0.39, 0.29) is 24.0 Å². The van der Waals surface area contributed by atoms with Crippen LogP contribution >= 0.6 is 35.6 Å². The van der Waals surface area contributed by atoms with Crippen LogP contribution in [0, 0.1) is 0 Å². The number of guanidine groups is 1. The molecule has 6 heteroatoms. The fraction of sp³-hybridized carbons (Fsp3) is 0.250. The Morgan fingerprint density at radius 2 is 2.05 bits per heavy atom. The average Bonchev–Trinajstić information content (AvgIpc) is 2.94. The first-order chi connectivity index (χ1) is 10.2. The smallest absolute Gasteiger partial charge is 0.193 e. The minimum absolute atomic E-state index is 0. The maximum atomic E-state index is 5.91. The van der Waals surface area contributed by atoms with Gasteiger partial charge >= 0.3 is 0 Å². The zero-order chi connectivity index (χ0) is 14.7. The highest BCUT2D eigenvalue weighted by molar-refractivity contribution is 14.0. The molecule has 3 N–H and O–H groups in total. The van der Waals surface area contributed by atoms with Gasteiger partial charge in [-0.05, 0) is 54.7 Å². The molecule has 1 aromatic carbocycles. The van der Waals surface area contributed by atoms with Crippen LogP contribution in [-0.4, -0.2) is 10.9 Å². The molecule has 1 heterocycles. The molecule has 0 saturated heterocycles. The van der Waals surface area contributed by atoms with Gasteiger partial charge in [-0.1, -0.05) is 17.7 Å². The number of aryl methyl sites for hydroxylation is 2. The summed E-state index contributed by atoms with van der Waals surface area (Å²) in [6.07, 6.45) is 5.18. The molecule has 4 nitrogen and oxygen atoms in total. The van der Waals surface area contributed by atoms with Gasteiger partial charge in [0, 0.05) is 11.9 Å². The lowest BCUT2D eigenvalue weighted by Gasteiger charge is -2.08. The zero-order valence-electron chi connectivity index (χ0n) is 12.1. The minimum atomic E-state index is 0. The third kappa shape index (κ3) is 4.33. The maximum Gasteiger partial charge on any atom is 0.193 e. The first kappa shape index (κ1) is 17.0. The van der Waals surface area contributed by atoms with Crippen LogP contribution in [0.25, 0.3) is 0 Å². The maximum absolute atomic E-state index is 5.91. The van der Waals surface area contributed by atoms with E-state index in [0.29, 0.717) is 17.5 Å². The van der Waals surface area contributed by atoms with Gasteiger partial charge in [0.1, 0.15) is 0 Å². The Labute approximate surface area is 152 Å². The van der Waals surface area contributed by atoms with Crippen molar-refractivity contribution < 1.29 is 0 Å². The van der Waals surface area contributed by atoms with E-state index in [4.69, 9.17) is 17.3 Å². The number of aliphatic imine (C=N–C) groups is 1. The molecule has 3 rings (SSSR count). The Kier molecular flexibility index (Phi) is 6.02. The molecule has 0 radical (unpaired) electrons. The fourth-order valence-corrected chi connectivity index (χ4v) is 2.61. The predicted molar refractivity (Wildman–Crippen MR) is 102 cm³/mol. The van der Waals surface area contributed by atoms with E-state index < -0.39 is 0 Å². The number of nitrogens with one attached hydrogen (secondary N) is 1. The van der Waals surface area contributed by atoms with Crippen molar-refractivity contribution in [3.05, 3.63) is 58.4 Å². The van der Waals surface area contributed by atoms with Gasteiger partial charge in [-0.15, -0.1) is 24.0 Å². The molecule has 0 saturated carbocycles. The lowest BCUT2D eigenvalue weighted by atomic mass is 10.1. The van der Waals surface area contributed by atoms with Crippen LogP contribution in [-0.2, 0) is 19.4 Å². The number of nitrogens with zero attached hydrogens (tertiary/aromatic N) is 2. The molecule has 0 unspecified atom stereocenters. The van der Waals surface area contributed by atoms with E-state index in [2.05, 4.69) is 27.4 Å². The fourth-order valence-electron chi connectivity index (χ4n) is 2.50. The van der Waals surface area contributed by atoms with Crippen LogP contribution < -0.4 is 11.1 Å². The van der Waals surface area contributed by atoms with Gasteiger partial charge in [0.15, 0.2) is 5.96 Å². The number of anilines is 1. The number of fused-ring (bicyclic) bond motifs is 1. The first-order valence-corrected chi connectivity index (χ1v) is 7.38. The molecule has 0 fully saturated rings. The van der Waals surface area contributed by atoms with Crippen molar-refractivity contribution in [3.8, 4) is 0 Å². The number of aromatic nitrogens is 1. The highest BCUT2D eigenvalue weighted by atomic mass is 127. The highest BCUT2D eigenvalue weighted by Gasteiger charge is 2.10. The SMILES string of the molecule is I.NC(=NCc1ccc(Cl)cn1)Nc1ccc2c(c1)CCC2. The molecule has 2 aromatic rings. The van der Waals surface area contributed by atoms with Gasteiger partial charge in [-0.25, -0.2) is 4.99 Å². The number of nitrogens with two attached hydrogens (primary N) is 1. The second kappa shape index (κ2) is 7.78. The van der Waals surface area contributed by atoms with Crippen molar-refractivity contribution in [1.82, 2.24) is 4.98 Å². The summed E-state index contributed by atoms with van der Waals surface area (Å²) in [6.45, 7) is 0.431. The normalized spacial score (nSPS) is 13.4. The summed E-state index contributed by atoms with van der Waals surface area (Å²) in [4.78, 5) is 8.47. The van der Waals surface area contributed by atoms with E-state index in [0.717, 1.165) is 17.8 Å². The van der Waals surface area contributed by atoms with E-state index in [9.17, 15) is 0 Å². The lowest BCUT2D eigenvalue weighted by Crippen LogP contribution is -2.22.